The van der Waals surface area contributed by atoms with Gasteiger partial charge in [0, 0.05) is 30.3 Å². The second-order valence-corrected chi connectivity index (χ2v) is 10.5. The Kier molecular flexibility index (Phi) is 6.92. The Hall–Kier alpha value is -2.02. The molecule has 2 unspecified atom stereocenters. The van der Waals surface area contributed by atoms with Crippen LogP contribution in [0.4, 0.5) is 15.8 Å². The van der Waals surface area contributed by atoms with E-state index in [2.05, 4.69) is 16.0 Å². The highest BCUT2D eigenvalue weighted by Gasteiger charge is 2.52. The summed E-state index contributed by atoms with van der Waals surface area (Å²) in [4.78, 5) is 14.1. The van der Waals surface area contributed by atoms with Gasteiger partial charge >= 0.3 is 0 Å². The fraction of sp³-hybridized carbons (Fsp3) is 0.500. The molecule has 3 N–H and O–H groups in total. The van der Waals surface area contributed by atoms with Crippen molar-refractivity contribution in [2.45, 2.75) is 56.7 Å². The molecule has 1 saturated heterocycles. The average molecular weight is 506 g/mol. The van der Waals surface area contributed by atoms with Crippen LogP contribution in [-0.2, 0) is 15.2 Å². The molecule has 0 radical (unpaired) electrons. The fourth-order valence-corrected chi connectivity index (χ4v) is 6.04. The summed E-state index contributed by atoms with van der Waals surface area (Å²) in [7, 11) is 0. The minimum atomic E-state index is -0.981. The molecular weight excluding hydrogens is 476 g/mol. The quantitative estimate of drug-likeness (QED) is 0.445. The van der Waals surface area contributed by atoms with Crippen LogP contribution in [0.1, 0.15) is 50.5 Å². The van der Waals surface area contributed by atoms with Crippen LogP contribution in [0, 0.1) is 17.7 Å². The van der Waals surface area contributed by atoms with Crippen molar-refractivity contribution in [3.05, 3.63) is 57.8 Å². The number of carbonyl (C=O) groups excluding carboxylic acids is 1. The number of amides is 1. The Bertz CT molecular complexity index is 1010. The van der Waals surface area contributed by atoms with Gasteiger partial charge in [0.1, 0.15) is 11.5 Å². The van der Waals surface area contributed by atoms with Crippen molar-refractivity contribution in [1.29, 1.82) is 0 Å². The van der Waals surface area contributed by atoms with Gasteiger partial charge < -0.3 is 20.7 Å². The number of hydrogen-bond acceptors (Lipinski definition) is 4. The van der Waals surface area contributed by atoms with E-state index < -0.39 is 17.4 Å². The molecule has 2 aromatic rings. The predicted octanol–water partition coefficient (Wildman–Crippen LogP) is 6.31. The number of benzene rings is 2. The second kappa shape index (κ2) is 9.92. The Morgan fingerprint density at radius 1 is 1.00 bits per heavy atom. The van der Waals surface area contributed by atoms with Crippen LogP contribution < -0.4 is 16.0 Å². The van der Waals surface area contributed by atoms with E-state index in [4.69, 9.17) is 27.9 Å². The van der Waals surface area contributed by atoms with Gasteiger partial charge in [-0.2, -0.15) is 0 Å². The van der Waals surface area contributed by atoms with E-state index in [0.717, 1.165) is 44.1 Å². The van der Waals surface area contributed by atoms with E-state index in [1.807, 2.05) is 24.3 Å². The molecule has 3 aliphatic rings. The summed E-state index contributed by atoms with van der Waals surface area (Å²) < 4.78 is 20.0. The molecule has 5 nitrogen and oxygen atoms in total. The summed E-state index contributed by atoms with van der Waals surface area (Å²) in [6, 6.07) is 10.6. The van der Waals surface area contributed by atoms with Crippen LogP contribution in [0.2, 0.25) is 10.0 Å². The van der Waals surface area contributed by atoms with E-state index in [1.54, 1.807) is 6.07 Å². The van der Waals surface area contributed by atoms with Crippen LogP contribution >= 0.6 is 23.2 Å². The lowest BCUT2D eigenvalue weighted by molar-refractivity contribution is -0.131. The molecule has 182 valence electrons. The highest BCUT2D eigenvalue weighted by molar-refractivity contribution is 6.31. The van der Waals surface area contributed by atoms with Crippen molar-refractivity contribution in [1.82, 2.24) is 5.32 Å². The molecule has 2 aliphatic heterocycles. The summed E-state index contributed by atoms with van der Waals surface area (Å²) in [5.41, 5.74) is 1.13. The van der Waals surface area contributed by atoms with E-state index in [-0.39, 0.29) is 22.9 Å². The van der Waals surface area contributed by atoms with Crippen molar-refractivity contribution in [2.75, 3.05) is 23.8 Å². The van der Waals surface area contributed by atoms with Crippen LogP contribution in [0.3, 0.4) is 0 Å². The first-order valence-electron chi connectivity index (χ1n) is 12.2. The smallest absolute Gasteiger partial charge is 0.228 e. The number of hydrogen-bond donors (Lipinski definition) is 3. The van der Waals surface area contributed by atoms with E-state index in [9.17, 15) is 9.18 Å². The van der Waals surface area contributed by atoms with Gasteiger partial charge in [-0.15, -0.1) is 0 Å². The number of anilines is 2. The molecular formula is C26H30Cl2FN3O2. The zero-order valence-electron chi connectivity index (χ0n) is 19.0. The molecule has 2 heterocycles. The summed E-state index contributed by atoms with van der Waals surface area (Å²) >= 11 is 12.3. The van der Waals surface area contributed by atoms with Gasteiger partial charge in [0.05, 0.1) is 22.3 Å². The van der Waals surface area contributed by atoms with E-state index in [1.165, 1.54) is 12.5 Å². The highest BCUT2D eigenvalue weighted by atomic mass is 35.5. The van der Waals surface area contributed by atoms with Crippen molar-refractivity contribution in [2.24, 2.45) is 11.8 Å². The lowest BCUT2D eigenvalue weighted by Gasteiger charge is -2.44. The molecule has 2 aromatic carbocycles. The minimum absolute atomic E-state index is 0.00752. The first-order valence-corrected chi connectivity index (χ1v) is 12.9. The molecule has 0 aromatic heterocycles. The van der Waals surface area contributed by atoms with Crippen molar-refractivity contribution in [3.63, 3.8) is 0 Å². The molecule has 1 amide bonds. The van der Waals surface area contributed by atoms with Gasteiger partial charge in [-0.05, 0) is 55.4 Å². The topological polar surface area (TPSA) is 62.4 Å². The molecule has 1 aliphatic carbocycles. The summed E-state index contributed by atoms with van der Waals surface area (Å²) in [6.45, 7) is 1.23. The SMILES string of the molecule is O=C(NC1CCCCC1)C(C1CCOCC1)C1(c2ccc(Cl)cc2)Nc2cc(F)c(Cl)cc2N1. The zero-order chi connectivity index (χ0) is 23.7. The third kappa shape index (κ3) is 4.60. The number of rotatable bonds is 5. The van der Waals surface area contributed by atoms with Crippen molar-refractivity contribution >= 4 is 40.5 Å². The number of halogens is 3. The summed E-state index contributed by atoms with van der Waals surface area (Å²) in [5.74, 6) is -0.889. The van der Waals surface area contributed by atoms with Crippen molar-refractivity contribution < 1.29 is 13.9 Å². The fourth-order valence-electron chi connectivity index (χ4n) is 5.75. The third-order valence-corrected chi connectivity index (χ3v) is 8.00. The zero-order valence-corrected chi connectivity index (χ0v) is 20.5. The van der Waals surface area contributed by atoms with Crippen molar-refractivity contribution in [3.8, 4) is 0 Å². The first kappa shape index (κ1) is 23.7. The van der Waals surface area contributed by atoms with Crippen LogP contribution in [0.25, 0.3) is 0 Å². The second-order valence-electron chi connectivity index (χ2n) is 9.65. The lowest BCUT2D eigenvalue weighted by Crippen LogP contribution is -2.57. The molecule has 0 bridgehead atoms. The van der Waals surface area contributed by atoms with E-state index in [0.29, 0.717) is 29.6 Å². The number of carbonyl (C=O) groups is 1. The maximum Gasteiger partial charge on any atom is 0.228 e. The first-order chi connectivity index (χ1) is 16.5. The maximum absolute atomic E-state index is 14.4. The van der Waals surface area contributed by atoms with Gasteiger partial charge in [0.2, 0.25) is 5.91 Å². The largest absolute Gasteiger partial charge is 0.381 e. The predicted molar refractivity (Wildman–Crippen MR) is 134 cm³/mol. The standard InChI is InChI=1S/C26H30Cl2FN3O2/c27-18-8-6-17(7-9-18)26(31-22-14-20(28)21(29)15-23(22)32-26)24(16-10-12-34-13-11-16)25(33)30-19-4-2-1-3-5-19/h6-9,14-16,19,24,31-32H,1-5,10-13H2,(H,30,33). The number of nitrogens with one attached hydrogen (secondary N) is 3. The molecule has 0 spiro atoms. The highest BCUT2D eigenvalue weighted by Crippen LogP contribution is 2.49. The molecule has 5 rings (SSSR count). The normalized spacial score (nSPS) is 24.1. The number of fused-ring (bicyclic) bond motifs is 1. The Balaban J connectivity index is 1.58. The summed E-state index contributed by atoms with van der Waals surface area (Å²) in [5, 5.41) is 11.1. The van der Waals surface area contributed by atoms with Gasteiger partial charge in [0.15, 0.2) is 0 Å². The van der Waals surface area contributed by atoms with Crippen LogP contribution in [0.5, 0.6) is 0 Å². The molecule has 2 atom stereocenters. The summed E-state index contributed by atoms with van der Waals surface area (Å²) in [6.07, 6.45) is 7.03. The van der Waals surface area contributed by atoms with Gasteiger partial charge in [-0.1, -0.05) is 54.6 Å². The third-order valence-electron chi connectivity index (χ3n) is 7.46. The van der Waals surface area contributed by atoms with Gasteiger partial charge in [-0.25, -0.2) is 4.39 Å². The minimum Gasteiger partial charge on any atom is -0.381 e. The Morgan fingerprint density at radius 3 is 2.32 bits per heavy atom. The van der Waals surface area contributed by atoms with E-state index >= 15 is 0 Å². The van der Waals surface area contributed by atoms with Gasteiger partial charge in [-0.3, -0.25) is 4.79 Å². The molecule has 1 saturated carbocycles. The molecule has 8 heteroatoms. The molecule has 2 fully saturated rings. The molecule has 34 heavy (non-hydrogen) atoms. The van der Waals surface area contributed by atoms with Crippen LogP contribution in [-0.4, -0.2) is 25.2 Å². The number of ether oxygens (including phenoxy) is 1. The average Bonchev–Trinajstić information content (AvgIpc) is 3.19. The Morgan fingerprint density at radius 2 is 1.65 bits per heavy atom. The van der Waals surface area contributed by atoms with Crippen LogP contribution in [0.15, 0.2) is 36.4 Å². The monoisotopic (exact) mass is 505 g/mol. The lowest BCUT2D eigenvalue weighted by atomic mass is 9.73. The van der Waals surface area contributed by atoms with Gasteiger partial charge in [0.25, 0.3) is 0 Å². The Labute approximate surface area is 209 Å². The maximum atomic E-state index is 14.4.